The van der Waals surface area contributed by atoms with Crippen molar-refractivity contribution in [2.45, 2.75) is 13.8 Å². The minimum absolute atomic E-state index is 1.09. The van der Waals surface area contributed by atoms with Gasteiger partial charge in [-0.1, -0.05) is 0 Å². The van der Waals surface area contributed by atoms with Gasteiger partial charge in [0.05, 0.1) is 0 Å². The van der Waals surface area contributed by atoms with Gasteiger partial charge in [0, 0.05) is 15.9 Å². The van der Waals surface area contributed by atoms with Crippen LogP contribution in [0, 0.1) is 0 Å². The molecule has 0 N–H and O–H groups in total. The quantitative estimate of drug-likeness (QED) is 0.430. The first kappa shape index (κ1) is 7.15. The molecule has 42 valence electrons. The van der Waals surface area contributed by atoms with E-state index in [-0.39, 0.29) is 0 Å². The summed E-state index contributed by atoms with van der Waals surface area (Å²) in [6.07, 6.45) is 0. The van der Waals surface area contributed by atoms with Gasteiger partial charge in [0.25, 0.3) is 0 Å². The highest BCUT2D eigenvalue weighted by Crippen LogP contribution is 1.74. The molecule has 0 rings (SSSR count). The Morgan fingerprint density at radius 2 is 1.86 bits per heavy atom. The third-order valence-electron chi connectivity index (χ3n) is 0.950. The second-order valence-electron chi connectivity index (χ2n) is 1.32. The van der Waals surface area contributed by atoms with Crippen molar-refractivity contribution >= 4 is 21.1 Å². The van der Waals surface area contributed by atoms with Gasteiger partial charge in [-0.15, -0.1) is 0 Å². The number of halogens is 1. The first-order valence-corrected chi connectivity index (χ1v) is 3.44. The van der Waals surface area contributed by atoms with Crippen LogP contribution in [-0.4, -0.2) is 22.8 Å². The zero-order valence-electron chi connectivity index (χ0n) is 4.82. The molecule has 0 atom stereocenters. The molecule has 0 aromatic carbocycles. The molecule has 0 aliphatic rings. The first-order chi connectivity index (χ1) is 3.35. The molecule has 0 spiro atoms. The molecule has 0 saturated heterocycles. The van der Waals surface area contributed by atoms with Crippen molar-refractivity contribution in [1.82, 2.24) is 0 Å². The lowest BCUT2D eigenvalue weighted by Gasteiger charge is -1.89. The topological polar surface area (TPSA) is 3.01 Å². The zero-order chi connectivity index (χ0) is 5.70. The van der Waals surface area contributed by atoms with Crippen molar-refractivity contribution in [3.63, 3.8) is 0 Å². The number of hydrogen-bond donors (Lipinski definition) is 0. The van der Waals surface area contributed by atoms with E-state index in [4.69, 9.17) is 0 Å². The van der Waals surface area contributed by atoms with Crippen LogP contribution in [0.1, 0.15) is 13.8 Å². The Bertz CT molecular complexity index is 62.5. The summed E-state index contributed by atoms with van der Waals surface area (Å²) in [5.41, 5.74) is 0. The molecule has 0 aromatic heterocycles. The van der Waals surface area contributed by atoms with Gasteiger partial charge in [0.2, 0.25) is 5.12 Å². The van der Waals surface area contributed by atoms with Crippen LogP contribution in [0.25, 0.3) is 0 Å². The summed E-state index contributed by atoms with van der Waals surface area (Å²) in [4.78, 5) is 0. The number of nitrogens with zero attached hydrogens (tertiary/aromatic N) is 1. The Morgan fingerprint density at radius 1 is 1.43 bits per heavy atom. The SMILES string of the molecule is CC[N+](=CBr)CC. The van der Waals surface area contributed by atoms with Crippen LogP contribution >= 0.6 is 15.9 Å². The third kappa shape index (κ3) is 2.80. The number of rotatable bonds is 2. The fraction of sp³-hybridized carbons (Fsp3) is 0.800. The van der Waals surface area contributed by atoms with E-state index in [1.807, 2.05) is 5.12 Å². The van der Waals surface area contributed by atoms with E-state index in [2.05, 4.69) is 34.4 Å². The predicted octanol–water partition coefficient (Wildman–Crippen LogP) is 1.46. The van der Waals surface area contributed by atoms with Gasteiger partial charge >= 0.3 is 0 Å². The van der Waals surface area contributed by atoms with Crippen LogP contribution in [0.5, 0.6) is 0 Å². The average Bonchev–Trinajstić information content (AvgIpc) is 1.72. The van der Waals surface area contributed by atoms with Crippen LogP contribution < -0.4 is 0 Å². The van der Waals surface area contributed by atoms with E-state index in [1.54, 1.807) is 0 Å². The Hall–Kier alpha value is 0.150. The van der Waals surface area contributed by atoms with Crippen molar-refractivity contribution in [1.29, 1.82) is 0 Å². The van der Waals surface area contributed by atoms with Gasteiger partial charge in [-0.3, -0.25) is 0 Å². The maximum Gasteiger partial charge on any atom is 0.206 e. The van der Waals surface area contributed by atoms with Crippen LogP contribution in [0.15, 0.2) is 0 Å². The van der Waals surface area contributed by atoms with E-state index in [0.717, 1.165) is 13.1 Å². The lowest BCUT2D eigenvalue weighted by Crippen LogP contribution is -2.08. The van der Waals surface area contributed by atoms with Gasteiger partial charge in [0.1, 0.15) is 13.1 Å². The summed E-state index contributed by atoms with van der Waals surface area (Å²) in [6.45, 7) is 6.42. The second kappa shape index (κ2) is 4.31. The second-order valence-corrected chi connectivity index (χ2v) is 1.73. The van der Waals surface area contributed by atoms with E-state index >= 15 is 0 Å². The minimum atomic E-state index is 1.09. The normalized spacial score (nSPS) is 8.43. The summed E-state index contributed by atoms with van der Waals surface area (Å²) in [7, 11) is 0. The lowest BCUT2D eigenvalue weighted by atomic mass is 10.6. The van der Waals surface area contributed by atoms with Crippen LogP contribution in [0.2, 0.25) is 0 Å². The average molecular weight is 165 g/mol. The Kier molecular flexibility index (Phi) is 4.41. The van der Waals surface area contributed by atoms with Crippen LogP contribution in [0.3, 0.4) is 0 Å². The predicted molar refractivity (Wildman–Crippen MR) is 36.3 cm³/mol. The Labute approximate surface area is 53.2 Å². The summed E-state index contributed by atoms with van der Waals surface area (Å²) < 4.78 is 2.17. The molecule has 0 radical (unpaired) electrons. The fourth-order valence-electron chi connectivity index (χ4n) is 0.362. The summed E-state index contributed by atoms with van der Waals surface area (Å²) in [6, 6.07) is 0. The lowest BCUT2D eigenvalue weighted by molar-refractivity contribution is -0.513. The molecule has 0 aromatic rings. The maximum absolute atomic E-state index is 3.24. The van der Waals surface area contributed by atoms with Crippen molar-refractivity contribution in [2.75, 3.05) is 13.1 Å². The molecule has 0 unspecified atom stereocenters. The first-order valence-electron chi connectivity index (χ1n) is 2.52. The van der Waals surface area contributed by atoms with E-state index < -0.39 is 0 Å². The van der Waals surface area contributed by atoms with Crippen molar-refractivity contribution in [3.8, 4) is 0 Å². The zero-order valence-corrected chi connectivity index (χ0v) is 6.40. The van der Waals surface area contributed by atoms with Crippen molar-refractivity contribution in [2.24, 2.45) is 0 Å². The largest absolute Gasteiger partial charge is 0.231 e. The molecule has 0 aliphatic heterocycles. The molecule has 7 heavy (non-hydrogen) atoms. The molecule has 0 saturated carbocycles. The molecule has 0 heterocycles. The van der Waals surface area contributed by atoms with Gasteiger partial charge in [-0.05, 0) is 13.8 Å². The fourth-order valence-corrected chi connectivity index (χ4v) is 0.941. The standard InChI is InChI=1S/C5H11BrN/c1-3-7(4-2)5-6/h5H,3-4H2,1-2H3/q+1. The smallest absolute Gasteiger partial charge is 0.206 e. The Balaban J connectivity index is 3.38. The summed E-state index contributed by atoms with van der Waals surface area (Å²) in [5, 5.41) is 1.92. The van der Waals surface area contributed by atoms with Gasteiger partial charge in [-0.25, -0.2) is 4.58 Å². The molecule has 0 bridgehead atoms. The monoisotopic (exact) mass is 164 g/mol. The molecule has 1 nitrogen and oxygen atoms in total. The summed E-state index contributed by atoms with van der Waals surface area (Å²) in [5.74, 6) is 0. The molecule has 2 heteroatoms. The van der Waals surface area contributed by atoms with Crippen LogP contribution in [0.4, 0.5) is 0 Å². The third-order valence-corrected chi connectivity index (χ3v) is 1.53. The van der Waals surface area contributed by atoms with Gasteiger partial charge < -0.3 is 0 Å². The Morgan fingerprint density at radius 3 is 1.86 bits per heavy atom. The van der Waals surface area contributed by atoms with E-state index in [1.165, 1.54) is 0 Å². The van der Waals surface area contributed by atoms with E-state index in [9.17, 15) is 0 Å². The van der Waals surface area contributed by atoms with E-state index in [0.29, 0.717) is 0 Å². The molecule has 0 aliphatic carbocycles. The molecule has 0 amide bonds. The number of hydrogen-bond acceptors (Lipinski definition) is 0. The molecular weight excluding hydrogens is 154 g/mol. The summed E-state index contributed by atoms with van der Waals surface area (Å²) >= 11 is 3.24. The highest BCUT2D eigenvalue weighted by atomic mass is 79.9. The molecular formula is C5H11BrN+. The highest BCUT2D eigenvalue weighted by molar-refractivity contribution is 9.17. The molecule has 0 fully saturated rings. The van der Waals surface area contributed by atoms with Crippen molar-refractivity contribution < 1.29 is 4.58 Å². The van der Waals surface area contributed by atoms with Crippen molar-refractivity contribution in [3.05, 3.63) is 0 Å². The highest BCUT2D eigenvalue weighted by Gasteiger charge is 1.88. The maximum atomic E-state index is 3.24. The van der Waals surface area contributed by atoms with Gasteiger partial charge in [-0.2, -0.15) is 0 Å². The van der Waals surface area contributed by atoms with Gasteiger partial charge in [0.15, 0.2) is 0 Å². The minimum Gasteiger partial charge on any atom is -0.231 e. The van der Waals surface area contributed by atoms with Crippen LogP contribution in [-0.2, 0) is 0 Å².